The fourth-order valence-electron chi connectivity index (χ4n) is 3.54. The van der Waals surface area contributed by atoms with Crippen molar-refractivity contribution in [1.82, 2.24) is 14.9 Å². The van der Waals surface area contributed by atoms with Crippen LogP contribution in [0.1, 0.15) is 23.2 Å². The highest BCUT2D eigenvalue weighted by Gasteiger charge is 2.35. The molecule has 23 heavy (non-hydrogen) atoms. The number of hydrogen-bond acceptors (Lipinski definition) is 3. The molecule has 0 N–H and O–H groups in total. The molecule has 0 unspecified atom stereocenters. The molecule has 1 fully saturated rings. The molecule has 116 valence electrons. The lowest BCUT2D eigenvalue weighted by Crippen LogP contribution is -2.29. The first-order valence-corrected chi connectivity index (χ1v) is 8.13. The van der Waals surface area contributed by atoms with E-state index in [9.17, 15) is 4.79 Å². The second-order valence-electron chi connectivity index (χ2n) is 6.33. The van der Waals surface area contributed by atoms with Crippen LogP contribution in [0.25, 0.3) is 11.4 Å². The number of fused-ring (bicyclic) bond motifs is 1. The number of amides is 1. The van der Waals surface area contributed by atoms with Crippen LogP contribution >= 0.6 is 0 Å². The van der Waals surface area contributed by atoms with Gasteiger partial charge < -0.3 is 4.90 Å². The Hall–Kier alpha value is -2.49. The van der Waals surface area contributed by atoms with Gasteiger partial charge in [0.25, 0.3) is 5.91 Å². The maximum absolute atomic E-state index is 12.7. The summed E-state index contributed by atoms with van der Waals surface area (Å²) in [5, 5.41) is 0. The van der Waals surface area contributed by atoms with Gasteiger partial charge in [0, 0.05) is 31.0 Å². The Kier molecular flexibility index (Phi) is 3.66. The number of aromatic nitrogens is 2. The Morgan fingerprint density at radius 3 is 2.17 bits per heavy atom. The van der Waals surface area contributed by atoms with Crippen LogP contribution < -0.4 is 0 Å². The molecule has 4 heteroatoms. The average Bonchev–Trinajstić information content (AvgIpc) is 3.06. The van der Waals surface area contributed by atoms with Crippen LogP contribution in [0.3, 0.4) is 0 Å². The monoisotopic (exact) mass is 305 g/mol. The van der Waals surface area contributed by atoms with E-state index < -0.39 is 0 Å². The van der Waals surface area contributed by atoms with Crippen molar-refractivity contribution in [3.63, 3.8) is 0 Å². The molecule has 2 atom stereocenters. The minimum absolute atomic E-state index is 0.0546. The highest BCUT2D eigenvalue weighted by Crippen LogP contribution is 2.33. The molecule has 1 aromatic heterocycles. The van der Waals surface area contributed by atoms with Crippen LogP contribution in [-0.4, -0.2) is 33.9 Å². The summed E-state index contributed by atoms with van der Waals surface area (Å²) in [4.78, 5) is 23.3. The lowest BCUT2D eigenvalue weighted by molar-refractivity contribution is 0.0783. The molecule has 2 aliphatic rings. The Morgan fingerprint density at radius 1 is 0.957 bits per heavy atom. The van der Waals surface area contributed by atoms with Gasteiger partial charge in [-0.25, -0.2) is 9.97 Å². The van der Waals surface area contributed by atoms with Gasteiger partial charge in [-0.3, -0.25) is 4.79 Å². The van der Waals surface area contributed by atoms with Gasteiger partial charge in [-0.2, -0.15) is 0 Å². The molecule has 0 saturated carbocycles. The summed E-state index contributed by atoms with van der Waals surface area (Å²) in [5.74, 6) is 1.95. The van der Waals surface area contributed by atoms with E-state index in [0.29, 0.717) is 23.2 Å². The second kappa shape index (κ2) is 5.95. The van der Waals surface area contributed by atoms with Crippen molar-refractivity contribution < 1.29 is 4.79 Å². The maximum Gasteiger partial charge on any atom is 0.257 e. The second-order valence-corrected chi connectivity index (χ2v) is 6.33. The molecule has 0 bridgehead atoms. The maximum atomic E-state index is 12.7. The highest BCUT2D eigenvalue weighted by atomic mass is 16.2. The van der Waals surface area contributed by atoms with Crippen LogP contribution in [0.4, 0.5) is 0 Å². The molecule has 0 spiro atoms. The third-order valence-corrected chi connectivity index (χ3v) is 4.84. The van der Waals surface area contributed by atoms with Gasteiger partial charge in [0.1, 0.15) is 0 Å². The summed E-state index contributed by atoms with van der Waals surface area (Å²) in [6.07, 6.45) is 9.98. The standard InChI is InChI=1S/C19H19N3O/c23-19(22-12-15-8-4-5-9-16(15)13-22)17-10-20-18(21-11-17)14-6-2-1-3-7-14/h1-7,10-11,15-16H,8-9,12-13H2/t15-,16+. The molecular weight excluding hydrogens is 286 g/mol. The van der Waals surface area contributed by atoms with Crippen molar-refractivity contribution in [2.24, 2.45) is 11.8 Å². The number of nitrogens with zero attached hydrogens (tertiary/aromatic N) is 3. The summed E-state index contributed by atoms with van der Waals surface area (Å²) >= 11 is 0. The summed E-state index contributed by atoms with van der Waals surface area (Å²) in [6, 6.07) is 9.81. The largest absolute Gasteiger partial charge is 0.338 e. The summed E-state index contributed by atoms with van der Waals surface area (Å²) < 4.78 is 0. The van der Waals surface area contributed by atoms with Crippen LogP contribution in [-0.2, 0) is 0 Å². The first-order valence-electron chi connectivity index (χ1n) is 8.13. The fraction of sp³-hybridized carbons (Fsp3) is 0.316. The van der Waals surface area contributed by atoms with Gasteiger partial charge in [0.05, 0.1) is 5.56 Å². The summed E-state index contributed by atoms with van der Waals surface area (Å²) in [7, 11) is 0. The van der Waals surface area contributed by atoms with Gasteiger partial charge in [-0.15, -0.1) is 0 Å². The topological polar surface area (TPSA) is 46.1 Å². The molecule has 1 aliphatic heterocycles. The summed E-state index contributed by atoms with van der Waals surface area (Å²) in [6.45, 7) is 1.71. The first kappa shape index (κ1) is 14.1. The summed E-state index contributed by atoms with van der Waals surface area (Å²) in [5.41, 5.74) is 1.54. The van der Waals surface area contributed by atoms with Crippen molar-refractivity contribution in [1.29, 1.82) is 0 Å². The van der Waals surface area contributed by atoms with Crippen molar-refractivity contribution in [3.05, 3.63) is 60.4 Å². The van der Waals surface area contributed by atoms with E-state index in [-0.39, 0.29) is 5.91 Å². The number of carbonyl (C=O) groups excluding carboxylic acids is 1. The third kappa shape index (κ3) is 2.77. The van der Waals surface area contributed by atoms with E-state index >= 15 is 0 Å². The van der Waals surface area contributed by atoms with Gasteiger partial charge in [0.2, 0.25) is 0 Å². The highest BCUT2D eigenvalue weighted by molar-refractivity contribution is 5.94. The number of carbonyl (C=O) groups is 1. The number of rotatable bonds is 2. The van der Waals surface area contributed by atoms with E-state index in [1.54, 1.807) is 12.4 Å². The number of likely N-dealkylation sites (tertiary alicyclic amines) is 1. The molecular formula is C19H19N3O. The average molecular weight is 305 g/mol. The predicted octanol–water partition coefficient (Wildman–Crippen LogP) is 3.18. The Morgan fingerprint density at radius 2 is 1.57 bits per heavy atom. The molecule has 1 saturated heterocycles. The minimum Gasteiger partial charge on any atom is -0.338 e. The van der Waals surface area contributed by atoms with Gasteiger partial charge in [0.15, 0.2) is 5.82 Å². The molecule has 1 amide bonds. The lowest BCUT2D eigenvalue weighted by Gasteiger charge is -2.17. The van der Waals surface area contributed by atoms with Crippen LogP contribution in [0.15, 0.2) is 54.9 Å². The van der Waals surface area contributed by atoms with E-state index in [0.717, 1.165) is 31.5 Å². The van der Waals surface area contributed by atoms with Crippen molar-refractivity contribution in [3.8, 4) is 11.4 Å². The zero-order valence-electron chi connectivity index (χ0n) is 12.9. The van der Waals surface area contributed by atoms with E-state index in [4.69, 9.17) is 0 Å². The minimum atomic E-state index is 0.0546. The van der Waals surface area contributed by atoms with E-state index in [2.05, 4.69) is 22.1 Å². The van der Waals surface area contributed by atoms with Crippen molar-refractivity contribution >= 4 is 5.91 Å². The molecule has 0 radical (unpaired) electrons. The first-order chi connectivity index (χ1) is 11.3. The molecule has 1 aromatic carbocycles. The predicted molar refractivity (Wildman–Crippen MR) is 88.7 cm³/mol. The Balaban J connectivity index is 1.49. The number of benzene rings is 1. The molecule has 1 aliphatic carbocycles. The van der Waals surface area contributed by atoms with E-state index in [1.807, 2.05) is 35.2 Å². The Labute approximate surface area is 135 Å². The smallest absolute Gasteiger partial charge is 0.257 e. The molecule has 4 nitrogen and oxygen atoms in total. The van der Waals surface area contributed by atoms with Crippen LogP contribution in [0.5, 0.6) is 0 Å². The Bertz CT molecular complexity index is 708. The normalized spacial score (nSPS) is 22.9. The number of allylic oxidation sites excluding steroid dienone is 2. The zero-order chi connectivity index (χ0) is 15.6. The van der Waals surface area contributed by atoms with Crippen LogP contribution in [0, 0.1) is 11.8 Å². The van der Waals surface area contributed by atoms with Crippen molar-refractivity contribution in [2.45, 2.75) is 12.8 Å². The number of hydrogen-bond donors (Lipinski definition) is 0. The van der Waals surface area contributed by atoms with Gasteiger partial charge >= 0.3 is 0 Å². The van der Waals surface area contributed by atoms with E-state index in [1.165, 1.54) is 0 Å². The van der Waals surface area contributed by atoms with Gasteiger partial charge in [-0.1, -0.05) is 42.5 Å². The SMILES string of the molecule is O=C(c1cnc(-c2ccccc2)nc1)N1C[C@H]2CC=CC[C@H]2C1. The van der Waals surface area contributed by atoms with Gasteiger partial charge in [-0.05, 0) is 24.7 Å². The zero-order valence-corrected chi connectivity index (χ0v) is 12.9. The lowest BCUT2D eigenvalue weighted by atomic mass is 9.86. The van der Waals surface area contributed by atoms with Crippen LogP contribution in [0.2, 0.25) is 0 Å². The fourth-order valence-corrected chi connectivity index (χ4v) is 3.54. The molecule has 2 heterocycles. The van der Waals surface area contributed by atoms with Crippen molar-refractivity contribution in [2.75, 3.05) is 13.1 Å². The molecule has 2 aromatic rings. The quantitative estimate of drug-likeness (QED) is 0.801. The molecule has 4 rings (SSSR count). The third-order valence-electron chi connectivity index (χ3n) is 4.84.